The standard InChI is InChI=1S/C27H29F3N4O2/c1-18-13-19(2)34(32-18)23-11-10-21(24(15-23)27(28,29)30)16-31-26(36)22-9-6-12-33(17-22)25(35)14-20-7-4-3-5-8-20/h3-5,7-8,10-11,13,15,22H,6,9,12,14,16-17H2,1-2H3,(H,31,36). The normalized spacial score (nSPS) is 16.1. The molecule has 1 unspecified atom stereocenters. The van der Waals surface area contributed by atoms with Crippen molar-refractivity contribution in [3.8, 4) is 5.69 Å². The molecule has 1 N–H and O–H groups in total. The summed E-state index contributed by atoms with van der Waals surface area (Å²) in [5.74, 6) is -0.859. The molecule has 1 aliphatic heterocycles. The van der Waals surface area contributed by atoms with Gasteiger partial charge in [-0.3, -0.25) is 9.59 Å². The van der Waals surface area contributed by atoms with Crippen molar-refractivity contribution >= 4 is 11.8 Å². The SMILES string of the molecule is Cc1cc(C)n(-c2ccc(CNC(=O)C3CCCN(C(=O)Cc4ccccc4)C3)c(C(F)(F)F)c2)n1. The third kappa shape index (κ3) is 5.95. The molecule has 4 rings (SSSR count). The van der Waals surface area contributed by atoms with Gasteiger partial charge in [0.1, 0.15) is 0 Å². The largest absolute Gasteiger partial charge is 0.416 e. The second-order valence-electron chi connectivity index (χ2n) is 9.24. The van der Waals surface area contributed by atoms with Crippen LogP contribution in [0.2, 0.25) is 0 Å². The van der Waals surface area contributed by atoms with Crippen LogP contribution in [0.1, 0.15) is 40.9 Å². The maximum atomic E-state index is 13.9. The van der Waals surface area contributed by atoms with Crippen LogP contribution in [0, 0.1) is 19.8 Å². The summed E-state index contributed by atoms with van der Waals surface area (Å²) in [5, 5.41) is 6.93. The number of hydrogen-bond donors (Lipinski definition) is 1. The van der Waals surface area contributed by atoms with Gasteiger partial charge in [-0.15, -0.1) is 0 Å². The number of likely N-dealkylation sites (tertiary alicyclic amines) is 1. The van der Waals surface area contributed by atoms with Gasteiger partial charge in [0, 0.05) is 25.3 Å². The van der Waals surface area contributed by atoms with Crippen molar-refractivity contribution in [2.75, 3.05) is 13.1 Å². The molecule has 190 valence electrons. The number of nitrogens with zero attached hydrogens (tertiary/aromatic N) is 3. The van der Waals surface area contributed by atoms with E-state index in [1.165, 1.54) is 10.7 Å². The smallest absolute Gasteiger partial charge is 0.352 e. The molecule has 0 aliphatic carbocycles. The Morgan fingerprint density at radius 2 is 1.83 bits per heavy atom. The number of aryl methyl sites for hydroxylation is 2. The van der Waals surface area contributed by atoms with Crippen LogP contribution in [0.3, 0.4) is 0 Å². The van der Waals surface area contributed by atoms with Gasteiger partial charge in [-0.1, -0.05) is 36.4 Å². The number of benzene rings is 2. The highest BCUT2D eigenvalue weighted by Gasteiger charge is 2.34. The minimum Gasteiger partial charge on any atom is -0.352 e. The van der Waals surface area contributed by atoms with E-state index in [1.54, 1.807) is 30.9 Å². The fourth-order valence-electron chi connectivity index (χ4n) is 4.63. The van der Waals surface area contributed by atoms with Crippen molar-refractivity contribution in [1.82, 2.24) is 20.0 Å². The van der Waals surface area contributed by atoms with E-state index >= 15 is 0 Å². The lowest BCUT2D eigenvalue weighted by Crippen LogP contribution is -2.45. The van der Waals surface area contributed by atoms with E-state index in [4.69, 9.17) is 0 Å². The third-order valence-electron chi connectivity index (χ3n) is 6.45. The summed E-state index contributed by atoms with van der Waals surface area (Å²) >= 11 is 0. The quantitative estimate of drug-likeness (QED) is 0.540. The van der Waals surface area contributed by atoms with Crippen molar-refractivity contribution in [3.05, 3.63) is 82.7 Å². The fraction of sp³-hybridized carbons (Fsp3) is 0.370. The van der Waals surface area contributed by atoms with Crippen LogP contribution in [-0.4, -0.2) is 39.6 Å². The molecular formula is C27H29F3N4O2. The predicted molar refractivity (Wildman–Crippen MR) is 129 cm³/mol. The zero-order chi connectivity index (χ0) is 25.9. The summed E-state index contributed by atoms with van der Waals surface area (Å²) in [6, 6.07) is 15.2. The lowest BCUT2D eigenvalue weighted by molar-refractivity contribution is -0.139. The van der Waals surface area contributed by atoms with E-state index in [0.717, 1.165) is 17.3 Å². The molecule has 36 heavy (non-hydrogen) atoms. The summed E-state index contributed by atoms with van der Waals surface area (Å²) in [5.41, 5.74) is 1.82. The van der Waals surface area contributed by atoms with Gasteiger partial charge >= 0.3 is 6.18 Å². The molecule has 2 heterocycles. The van der Waals surface area contributed by atoms with Crippen molar-refractivity contribution in [2.45, 2.75) is 45.8 Å². The van der Waals surface area contributed by atoms with Crippen molar-refractivity contribution < 1.29 is 22.8 Å². The van der Waals surface area contributed by atoms with Gasteiger partial charge in [-0.05, 0) is 56.0 Å². The first-order valence-corrected chi connectivity index (χ1v) is 11.9. The molecule has 9 heteroatoms. The monoisotopic (exact) mass is 498 g/mol. The Labute approximate surface area is 208 Å². The molecule has 0 radical (unpaired) electrons. The number of rotatable bonds is 6. The number of piperidine rings is 1. The first-order valence-electron chi connectivity index (χ1n) is 11.9. The Hall–Kier alpha value is -3.62. The Kier molecular flexibility index (Phi) is 7.47. The van der Waals surface area contributed by atoms with Crippen LogP contribution in [0.15, 0.2) is 54.6 Å². The van der Waals surface area contributed by atoms with Crippen molar-refractivity contribution in [3.63, 3.8) is 0 Å². The molecule has 1 fully saturated rings. The molecule has 1 aromatic heterocycles. The Morgan fingerprint density at radius 3 is 2.50 bits per heavy atom. The molecular weight excluding hydrogens is 469 g/mol. The molecule has 1 aliphatic rings. The lowest BCUT2D eigenvalue weighted by atomic mass is 9.96. The van der Waals surface area contributed by atoms with E-state index in [9.17, 15) is 22.8 Å². The first kappa shape index (κ1) is 25.5. The van der Waals surface area contributed by atoms with Gasteiger partial charge in [-0.25, -0.2) is 4.68 Å². The molecule has 2 aromatic carbocycles. The van der Waals surface area contributed by atoms with E-state index in [0.29, 0.717) is 30.8 Å². The lowest BCUT2D eigenvalue weighted by Gasteiger charge is -2.32. The van der Waals surface area contributed by atoms with Gasteiger partial charge in [0.25, 0.3) is 0 Å². The number of halogens is 3. The van der Waals surface area contributed by atoms with Crippen LogP contribution in [-0.2, 0) is 28.7 Å². The van der Waals surface area contributed by atoms with Crippen LogP contribution in [0.4, 0.5) is 13.2 Å². The van der Waals surface area contributed by atoms with E-state index in [-0.39, 0.29) is 36.9 Å². The van der Waals surface area contributed by atoms with Gasteiger partial charge < -0.3 is 10.2 Å². The molecule has 1 atom stereocenters. The highest BCUT2D eigenvalue weighted by molar-refractivity contribution is 5.82. The average Bonchev–Trinajstić information content (AvgIpc) is 3.20. The Bertz CT molecular complexity index is 1240. The number of aromatic nitrogens is 2. The number of hydrogen-bond acceptors (Lipinski definition) is 3. The fourth-order valence-corrected chi connectivity index (χ4v) is 4.63. The van der Waals surface area contributed by atoms with Crippen LogP contribution in [0.25, 0.3) is 5.69 Å². The molecule has 0 saturated carbocycles. The first-order chi connectivity index (χ1) is 17.1. The molecule has 6 nitrogen and oxygen atoms in total. The molecule has 3 aromatic rings. The zero-order valence-corrected chi connectivity index (χ0v) is 20.3. The van der Waals surface area contributed by atoms with Gasteiger partial charge in [-0.2, -0.15) is 18.3 Å². The molecule has 0 bridgehead atoms. The van der Waals surface area contributed by atoms with Crippen LogP contribution >= 0.6 is 0 Å². The third-order valence-corrected chi connectivity index (χ3v) is 6.45. The highest BCUT2D eigenvalue weighted by atomic mass is 19.4. The second kappa shape index (κ2) is 10.6. The Morgan fingerprint density at radius 1 is 1.08 bits per heavy atom. The summed E-state index contributed by atoms with van der Waals surface area (Å²) in [6.07, 6.45) is -3.07. The maximum Gasteiger partial charge on any atom is 0.416 e. The van der Waals surface area contributed by atoms with E-state index < -0.39 is 17.7 Å². The van der Waals surface area contributed by atoms with Gasteiger partial charge in [0.05, 0.1) is 29.3 Å². The number of nitrogens with one attached hydrogen (secondary N) is 1. The summed E-state index contributed by atoms with van der Waals surface area (Å²) < 4.78 is 43.1. The predicted octanol–water partition coefficient (Wildman–Crippen LogP) is 4.61. The van der Waals surface area contributed by atoms with Crippen LogP contribution < -0.4 is 5.32 Å². The average molecular weight is 499 g/mol. The number of carbonyl (C=O) groups excluding carboxylic acids is 2. The summed E-state index contributed by atoms with van der Waals surface area (Å²) in [7, 11) is 0. The zero-order valence-electron chi connectivity index (χ0n) is 20.3. The summed E-state index contributed by atoms with van der Waals surface area (Å²) in [6.45, 7) is 4.14. The number of amides is 2. The van der Waals surface area contributed by atoms with Gasteiger partial charge in [0.15, 0.2) is 0 Å². The highest BCUT2D eigenvalue weighted by Crippen LogP contribution is 2.34. The van der Waals surface area contributed by atoms with Gasteiger partial charge in [0.2, 0.25) is 11.8 Å². The maximum absolute atomic E-state index is 13.9. The topological polar surface area (TPSA) is 67.2 Å². The molecule has 1 saturated heterocycles. The molecule has 0 spiro atoms. The van der Waals surface area contributed by atoms with Crippen molar-refractivity contribution in [2.24, 2.45) is 5.92 Å². The minimum absolute atomic E-state index is 0.0195. The number of alkyl halides is 3. The van der Waals surface area contributed by atoms with Crippen molar-refractivity contribution in [1.29, 1.82) is 0 Å². The second-order valence-corrected chi connectivity index (χ2v) is 9.24. The van der Waals surface area contributed by atoms with E-state index in [1.807, 2.05) is 30.3 Å². The Balaban J connectivity index is 1.42. The minimum atomic E-state index is -4.59. The molecule has 2 amide bonds. The summed E-state index contributed by atoms with van der Waals surface area (Å²) in [4.78, 5) is 27.2. The van der Waals surface area contributed by atoms with Crippen LogP contribution in [0.5, 0.6) is 0 Å². The van der Waals surface area contributed by atoms with E-state index in [2.05, 4.69) is 10.4 Å². The number of carbonyl (C=O) groups is 2.